The summed E-state index contributed by atoms with van der Waals surface area (Å²) in [7, 11) is 3.05. The van der Waals surface area contributed by atoms with Gasteiger partial charge in [0.25, 0.3) is 0 Å². The number of rotatable bonds is 4. The minimum absolute atomic E-state index is 0.139. The van der Waals surface area contributed by atoms with E-state index >= 15 is 0 Å². The van der Waals surface area contributed by atoms with Gasteiger partial charge in [-0.3, -0.25) is 14.4 Å². The van der Waals surface area contributed by atoms with Gasteiger partial charge in [-0.2, -0.15) is 0 Å². The van der Waals surface area contributed by atoms with Crippen LogP contribution < -0.4 is 14.4 Å². The molecule has 0 N–H and O–H groups in total. The van der Waals surface area contributed by atoms with Gasteiger partial charge in [-0.25, -0.2) is 4.39 Å². The van der Waals surface area contributed by atoms with E-state index in [2.05, 4.69) is 0 Å². The molecule has 0 radical (unpaired) electrons. The maximum Gasteiger partial charge on any atom is 0.180 e. The number of hydrogen-bond acceptors (Lipinski definition) is 6. The Balaban J connectivity index is 1.72. The first-order valence-electron chi connectivity index (χ1n) is 13.3. The van der Waals surface area contributed by atoms with E-state index in [4.69, 9.17) is 9.47 Å². The topological polar surface area (TPSA) is 72.9 Å². The van der Waals surface area contributed by atoms with E-state index in [-0.39, 0.29) is 17.3 Å². The molecule has 3 atom stereocenters. The lowest BCUT2D eigenvalue weighted by molar-refractivity contribution is -0.127. The molecule has 6 nitrogen and oxygen atoms in total. The van der Waals surface area contributed by atoms with Gasteiger partial charge in [-0.15, -0.1) is 0 Å². The van der Waals surface area contributed by atoms with Gasteiger partial charge < -0.3 is 14.4 Å². The second-order valence-electron chi connectivity index (χ2n) is 11.6. The summed E-state index contributed by atoms with van der Waals surface area (Å²) in [6, 6.07) is 14.7. The van der Waals surface area contributed by atoms with Crippen LogP contribution in [-0.4, -0.2) is 43.7 Å². The Morgan fingerprint density at radius 3 is 2.20 bits per heavy atom. The predicted molar refractivity (Wildman–Crippen MR) is 150 cm³/mol. The van der Waals surface area contributed by atoms with Crippen molar-refractivity contribution < 1.29 is 28.2 Å². The number of nitrogens with zero attached hydrogens (tertiary/aromatic N) is 1. The summed E-state index contributed by atoms with van der Waals surface area (Å²) in [4.78, 5) is 45.7. The Morgan fingerprint density at radius 1 is 0.925 bits per heavy atom. The van der Waals surface area contributed by atoms with E-state index in [0.717, 1.165) is 0 Å². The zero-order chi connectivity index (χ0) is 28.6. The maximum atomic E-state index is 14.7. The van der Waals surface area contributed by atoms with Crippen LogP contribution in [0.1, 0.15) is 58.5 Å². The van der Waals surface area contributed by atoms with Gasteiger partial charge >= 0.3 is 0 Å². The minimum atomic E-state index is -1.65. The van der Waals surface area contributed by atoms with Crippen LogP contribution in [0.3, 0.4) is 0 Å². The van der Waals surface area contributed by atoms with Crippen molar-refractivity contribution in [1.82, 2.24) is 0 Å². The molecule has 3 aromatic carbocycles. The molecule has 0 aromatic heterocycles. The number of fused-ring (bicyclic) bond motifs is 5. The standard InChI is InChI=1S/C33H30FNO5/c1-32(2,3)31(38)28-27(23-13-12-20(39-4)17-25(23)40-5)33(29(36)21-8-6-7-9-22(21)30(33)37)26-15-10-18-16-19(34)11-14-24(18)35(26)28/h6-17,26-28H,1-5H3/t26-,27+,28+/m0/s1. The molecule has 1 aliphatic carbocycles. The highest BCUT2D eigenvalue weighted by Gasteiger charge is 2.72. The van der Waals surface area contributed by atoms with E-state index in [1.54, 1.807) is 67.8 Å². The Morgan fingerprint density at radius 2 is 1.60 bits per heavy atom. The van der Waals surface area contributed by atoms with E-state index in [1.165, 1.54) is 19.2 Å². The van der Waals surface area contributed by atoms with Gasteiger partial charge in [0.05, 0.1) is 26.3 Å². The Hall–Kier alpha value is -4.26. The van der Waals surface area contributed by atoms with Crippen molar-refractivity contribution in [3.63, 3.8) is 0 Å². The van der Waals surface area contributed by atoms with Crippen molar-refractivity contribution in [1.29, 1.82) is 0 Å². The maximum absolute atomic E-state index is 14.7. The van der Waals surface area contributed by atoms with Gasteiger partial charge in [-0.1, -0.05) is 63.3 Å². The molecule has 1 saturated heterocycles. The Labute approximate surface area is 232 Å². The summed E-state index contributed by atoms with van der Waals surface area (Å²) in [6.07, 6.45) is 3.53. The number of Topliss-reactive ketones (excluding diaryl/α,β-unsaturated/α-hetero) is 3. The first kappa shape index (κ1) is 26.0. The number of benzene rings is 3. The van der Waals surface area contributed by atoms with Gasteiger partial charge in [0.15, 0.2) is 17.3 Å². The van der Waals surface area contributed by atoms with Crippen LogP contribution in [0.15, 0.2) is 66.7 Å². The summed E-state index contributed by atoms with van der Waals surface area (Å²) in [5.74, 6) is -1.16. The van der Waals surface area contributed by atoms with E-state index < -0.39 is 34.6 Å². The van der Waals surface area contributed by atoms with Gasteiger partial charge in [-0.05, 0) is 24.3 Å². The van der Waals surface area contributed by atoms with Crippen molar-refractivity contribution in [2.24, 2.45) is 10.8 Å². The average molecular weight is 540 g/mol. The molecule has 3 aliphatic rings. The SMILES string of the molecule is COc1ccc([C@@H]2[C@H](C(=O)C(C)(C)C)N3c4ccc(F)cc4C=C[C@H]3C23C(=O)c2ccccc2C3=O)c(OC)c1. The highest BCUT2D eigenvalue weighted by atomic mass is 19.1. The molecule has 0 amide bonds. The normalized spacial score (nSPS) is 22.2. The summed E-state index contributed by atoms with van der Waals surface area (Å²) >= 11 is 0. The molecule has 204 valence electrons. The average Bonchev–Trinajstić information content (AvgIpc) is 3.37. The summed E-state index contributed by atoms with van der Waals surface area (Å²) < 4.78 is 25.6. The molecule has 6 rings (SSSR count). The Bertz CT molecular complexity index is 1580. The van der Waals surface area contributed by atoms with Crippen LogP contribution in [0.25, 0.3) is 6.08 Å². The van der Waals surface area contributed by atoms with Crippen LogP contribution in [0.4, 0.5) is 10.1 Å². The smallest absolute Gasteiger partial charge is 0.180 e. The fraction of sp³-hybridized carbons (Fsp3) is 0.303. The van der Waals surface area contributed by atoms with E-state index in [1.807, 2.05) is 25.7 Å². The number of halogens is 1. The van der Waals surface area contributed by atoms with Crippen molar-refractivity contribution in [2.75, 3.05) is 19.1 Å². The number of carbonyl (C=O) groups is 3. The number of carbonyl (C=O) groups excluding carboxylic acids is 3. The van der Waals surface area contributed by atoms with E-state index in [0.29, 0.717) is 39.4 Å². The van der Waals surface area contributed by atoms with Gasteiger partial charge in [0, 0.05) is 45.3 Å². The highest BCUT2D eigenvalue weighted by Crippen LogP contribution is 2.62. The van der Waals surface area contributed by atoms with Gasteiger partial charge in [0.1, 0.15) is 22.7 Å². The molecule has 7 heteroatoms. The third-order valence-electron chi connectivity index (χ3n) is 8.55. The lowest BCUT2D eigenvalue weighted by Crippen LogP contribution is -2.49. The quantitative estimate of drug-likeness (QED) is 0.385. The number of methoxy groups -OCH3 is 2. The predicted octanol–water partition coefficient (Wildman–Crippen LogP) is 5.89. The van der Waals surface area contributed by atoms with Crippen LogP contribution in [0, 0.1) is 16.6 Å². The molecule has 40 heavy (non-hydrogen) atoms. The molecule has 0 unspecified atom stereocenters. The molecule has 2 aliphatic heterocycles. The molecule has 1 spiro atoms. The third-order valence-corrected chi connectivity index (χ3v) is 8.55. The molecular formula is C33H30FNO5. The Kier molecular flexibility index (Phi) is 5.77. The highest BCUT2D eigenvalue weighted by molar-refractivity contribution is 6.32. The fourth-order valence-corrected chi connectivity index (χ4v) is 6.81. The molecule has 3 aromatic rings. The number of anilines is 1. The minimum Gasteiger partial charge on any atom is -0.497 e. The largest absolute Gasteiger partial charge is 0.497 e. The number of ether oxygens (including phenoxy) is 2. The lowest BCUT2D eigenvalue weighted by Gasteiger charge is -2.38. The summed E-state index contributed by atoms with van der Waals surface area (Å²) in [5.41, 5.74) is -0.0542. The molecule has 2 heterocycles. The van der Waals surface area contributed by atoms with Crippen molar-refractivity contribution >= 4 is 29.1 Å². The second kappa shape index (κ2) is 8.88. The molecular weight excluding hydrogens is 509 g/mol. The molecule has 0 bridgehead atoms. The number of ketones is 3. The lowest BCUT2D eigenvalue weighted by atomic mass is 9.63. The number of hydrogen-bond donors (Lipinski definition) is 0. The first-order chi connectivity index (χ1) is 19.0. The van der Waals surface area contributed by atoms with Crippen LogP contribution in [-0.2, 0) is 4.79 Å². The van der Waals surface area contributed by atoms with Crippen LogP contribution in [0.2, 0.25) is 0 Å². The van der Waals surface area contributed by atoms with Crippen molar-refractivity contribution in [3.8, 4) is 11.5 Å². The summed E-state index contributed by atoms with van der Waals surface area (Å²) in [5, 5.41) is 0. The zero-order valence-corrected chi connectivity index (χ0v) is 23.0. The monoisotopic (exact) mass is 539 g/mol. The van der Waals surface area contributed by atoms with Crippen molar-refractivity contribution in [2.45, 2.75) is 38.8 Å². The van der Waals surface area contributed by atoms with Crippen molar-refractivity contribution in [3.05, 3.63) is 94.8 Å². The second-order valence-corrected chi connectivity index (χ2v) is 11.6. The van der Waals surface area contributed by atoms with Crippen LogP contribution in [0.5, 0.6) is 11.5 Å². The van der Waals surface area contributed by atoms with E-state index in [9.17, 15) is 18.8 Å². The molecule has 0 saturated carbocycles. The van der Waals surface area contributed by atoms with Crippen LogP contribution >= 0.6 is 0 Å². The zero-order valence-electron chi connectivity index (χ0n) is 23.0. The summed E-state index contributed by atoms with van der Waals surface area (Å²) in [6.45, 7) is 5.49. The fourth-order valence-electron chi connectivity index (χ4n) is 6.81. The first-order valence-corrected chi connectivity index (χ1v) is 13.3. The third kappa shape index (κ3) is 3.36. The molecule has 1 fully saturated rings. The van der Waals surface area contributed by atoms with Gasteiger partial charge in [0.2, 0.25) is 0 Å².